The maximum atomic E-state index is 13.6. The van der Waals surface area contributed by atoms with Gasteiger partial charge in [0.15, 0.2) is 18.7 Å². The molecule has 20 N–H and O–H groups in total. The van der Waals surface area contributed by atoms with Crippen LogP contribution in [0.25, 0.3) is 0 Å². The van der Waals surface area contributed by atoms with Crippen LogP contribution in [0.5, 0.6) is 0 Å². The highest BCUT2D eigenvalue weighted by Gasteiger charge is 2.46. The Labute approximate surface area is 398 Å². The molecule has 3 aliphatic heterocycles. The summed E-state index contributed by atoms with van der Waals surface area (Å²) >= 11 is 1.67. The SMILES string of the molecule is O=C(CCC(NC(=O)CI)C(=O)NC(CCC(=O)NCC(=O)N[C@@H]1OC(CO)[C@H](O)C(O)C1O)C(=O)NCC(=O)N[C@@H]1OC(CO)[C@H](O)C(O)C1O)NCC(=O)N[C@@H]1OC(CO)[C@H](O)C(O)C1O. The predicted octanol–water partition coefficient (Wildman–Crippen LogP) is -13.0. The zero-order chi connectivity index (χ0) is 51.0. The third-order valence-corrected chi connectivity index (χ3v) is 11.3. The van der Waals surface area contributed by atoms with E-state index in [2.05, 4.69) is 42.5 Å². The third kappa shape index (κ3) is 16.8. The number of halogens is 1. The van der Waals surface area contributed by atoms with Gasteiger partial charge in [-0.25, -0.2) is 0 Å². The second-order valence-corrected chi connectivity index (χ2v) is 16.4. The number of aliphatic hydroxyl groups is 12. The molecule has 8 amide bonds. The Balaban J connectivity index is 1.66. The van der Waals surface area contributed by atoms with E-state index in [0.717, 1.165) is 0 Å². The van der Waals surface area contributed by atoms with Crippen LogP contribution in [0.4, 0.5) is 0 Å². The van der Waals surface area contributed by atoms with Gasteiger partial charge in [-0.05, 0) is 12.8 Å². The number of hydrogen-bond donors (Lipinski definition) is 20. The van der Waals surface area contributed by atoms with Crippen LogP contribution < -0.4 is 42.5 Å². The van der Waals surface area contributed by atoms with Crippen LogP contribution in [0.2, 0.25) is 0 Å². The van der Waals surface area contributed by atoms with Crippen LogP contribution in [0.15, 0.2) is 0 Å². The van der Waals surface area contributed by atoms with Gasteiger partial charge in [0.2, 0.25) is 47.3 Å². The average molecular weight is 1100 g/mol. The van der Waals surface area contributed by atoms with Gasteiger partial charge >= 0.3 is 0 Å². The van der Waals surface area contributed by atoms with Crippen LogP contribution in [0.3, 0.4) is 0 Å². The number of amides is 8. The summed E-state index contributed by atoms with van der Waals surface area (Å²) in [4.78, 5) is 103. The lowest BCUT2D eigenvalue weighted by atomic mass is 9.98. The Morgan fingerprint density at radius 1 is 0.412 bits per heavy atom. The molecule has 3 rings (SSSR count). The van der Waals surface area contributed by atoms with E-state index in [-0.39, 0.29) is 4.43 Å². The van der Waals surface area contributed by atoms with Gasteiger partial charge in [0.1, 0.15) is 85.3 Å². The minimum absolute atomic E-state index is 0.191. The van der Waals surface area contributed by atoms with E-state index >= 15 is 0 Å². The second kappa shape index (κ2) is 27.9. The number of nitrogens with one attached hydrogen (secondary N) is 8. The first-order valence-electron chi connectivity index (χ1n) is 20.8. The Morgan fingerprint density at radius 2 is 0.735 bits per heavy atom. The van der Waals surface area contributed by atoms with Crippen LogP contribution in [-0.4, -0.2) is 256 Å². The maximum absolute atomic E-state index is 13.6. The number of aliphatic hydroxyl groups excluding tert-OH is 12. The molecule has 0 aromatic heterocycles. The van der Waals surface area contributed by atoms with E-state index in [9.17, 15) is 99.6 Å². The quantitative estimate of drug-likeness (QED) is 0.0334. The van der Waals surface area contributed by atoms with Gasteiger partial charge in [0.05, 0.1) is 43.9 Å². The Bertz CT molecular complexity index is 1740. The van der Waals surface area contributed by atoms with Crippen molar-refractivity contribution in [1.82, 2.24) is 42.5 Å². The van der Waals surface area contributed by atoms with E-state index < -0.39 is 216 Å². The topological polar surface area (TPSA) is 503 Å². The number of carbonyl (C=O) groups is 8. The highest BCUT2D eigenvalue weighted by atomic mass is 127. The average Bonchev–Trinajstić information content (AvgIpc) is 3.32. The molecule has 17 atom stereocenters. The Kier molecular flexibility index (Phi) is 23.9. The summed E-state index contributed by atoms with van der Waals surface area (Å²) in [5.74, 6) is -7.70. The van der Waals surface area contributed by atoms with E-state index in [1.165, 1.54) is 0 Å². The van der Waals surface area contributed by atoms with E-state index in [0.29, 0.717) is 0 Å². The number of hydrogen-bond acceptors (Lipinski definition) is 23. The van der Waals surface area contributed by atoms with Gasteiger partial charge < -0.3 is 118 Å². The molecule has 32 heteroatoms. The molecule has 3 saturated heterocycles. The van der Waals surface area contributed by atoms with Crippen molar-refractivity contribution in [2.75, 3.05) is 43.9 Å². The number of carbonyl (C=O) groups excluding carboxylic acids is 8. The lowest BCUT2D eigenvalue weighted by Crippen LogP contribution is -2.64. The molecule has 68 heavy (non-hydrogen) atoms. The molecule has 388 valence electrons. The molecule has 3 aliphatic rings. The molecule has 31 nitrogen and oxygen atoms in total. The second-order valence-electron chi connectivity index (χ2n) is 15.6. The van der Waals surface area contributed by atoms with Crippen molar-refractivity contribution in [3.8, 4) is 0 Å². The Hall–Kier alpha value is -4.11. The molecule has 11 unspecified atom stereocenters. The van der Waals surface area contributed by atoms with Crippen molar-refractivity contribution in [1.29, 1.82) is 0 Å². The lowest BCUT2D eigenvalue weighted by Gasteiger charge is -2.40. The van der Waals surface area contributed by atoms with Crippen molar-refractivity contribution in [3.63, 3.8) is 0 Å². The fourth-order valence-electron chi connectivity index (χ4n) is 6.71. The van der Waals surface area contributed by atoms with E-state index in [1.54, 1.807) is 22.6 Å². The summed E-state index contributed by atoms with van der Waals surface area (Å²) in [5, 5.41) is 136. The predicted molar refractivity (Wildman–Crippen MR) is 226 cm³/mol. The molecule has 3 fully saturated rings. The van der Waals surface area contributed by atoms with E-state index in [4.69, 9.17) is 14.2 Å². The molecule has 0 spiro atoms. The Morgan fingerprint density at radius 3 is 1.06 bits per heavy atom. The maximum Gasteiger partial charge on any atom is 0.243 e. The van der Waals surface area contributed by atoms with Crippen molar-refractivity contribution >= 4 is 69.8 Å². The number of alkyl halides is 1. The molecule has 3 heterocycles. The zero-order valence-electron chi connectivity index (χ0n) is 35.8. The normalized spacial score (nSPS) is 32.3. The van der Waals surface area contributed by atoms with Crippen molar-refractivity contribution in [3.05, 3.63) is 0 Å². The first kappa shape index (κ1) is 58.2. The minimum atomic E-state index is -1.89. The van der Waals surface area contributed by atoms with Crippen LogP contribution in [0, 0.1) is 0 Å². The summed E-state index contributed by atoms with van der Waals surface area (Å²) in [6, 6.07) is -3.27. The van der Waals surface area contributed by atoms with Gasteiger partial charge in [-0.3, -0.25) is 38.4 Å². The summed E-state index contributed by atoms with van der Waals surface area (Å²) in [6.07, 6.45) is -27.4. The lowest BCUT2D eigenvalue weighted by molar-refractivity contribution is -0.235. The smallest absolute Gasteiger partial charge is 0.243 e. The van der Waals surface area contributed by atoms with Gasteiger partial charge in [-0.15, -0.1) is 0 Å². The van der Waals surface area contributed by atoms with Crippen LogP contribution in [0.1, 0.15) is 25.7 Å². The first-order chi connectivity index (χ1) is 32.1. The highest BCUT2D eigenvalue weighted by molar-refractivity contribution is 14.1. The van der Waals surface area contributed by atoms with Crippen molar-refractivity contribution < 1.29 is 114 Å². The van der Waals surface area contributed by atoms with Gasteiger partial charge in [-0.2, -0.15) is 0 Å². The number of rotatable bonds is 23. The van der Waals surface area contributed by atoms with Crippen molar-refractivity contribution in [2.45, 2.75) is 130 Å². The molecule has 0 radical (unpaired) electrons. The summed E-state index contributed by atoms with van der Waals surface area (Å²) in [5.41, 5.74) is 0. The zero-order valence-corrected chi connectivity index (χ0v) is 38.0. The fraction of sp³-hybridized carbons (Fsp3) is 0.778. The summed E-state index contributed by atoms with van der Waals surface area (Å²) < 4.78 is 15.4. The van der Waals surface area contributed by atoms with Crippen LogP contribution in [-0.2, 0) is 52.6 Å². The molecule has 0 aromatic rings. The first-order valence-corrected chi connectivity index (χ1v) is 22.4. The molecule has 0 saturated carbocycles. The third-order valence-electron chi connectivity index (χ3n) is 10.6. The minimum Gasteiger partial charge on any atom is -0.394 e. The van der Waals surface area contributed by atoms with Crippen molar-refractivity contribution in [2.24, 2.45) is 0 Å². The molecule has 0 aromatic carbocycles. The molecular weight excluding hydrogens is 1040 g/mol. The highest BCUT2D eigenvalue weighted by Crippen LogP contribution is 2.22. The summed E-state index contributed by atoms with van der Waals surface area (Å²) in [6.45, 7) is -4.80. The van der Waals surface area contributed by atoms with Gasteiger partial charge in [0.25, 0.3) is 0 Å². The standard InChI is InChI=1S/C36H59IN8O23/c37-5-19(51)41-13(2-4-18(50)39-7-21(53)44-35-30(62)27(59)24(56)15(10-47)67-35)33(65)42-12(32(64)40-8-22(54)45-36-31(63)28(60)25(57)16(11-48)68-36)1-3-17(49)38-6-20(52)43-34-29(61)26(58)23(55)14(9-46)66-34/h12-16,23-31,34-36,46-48,55-63H,1-11H2,(H,38,49)(H,39,50)(H,40,64)(H,41,51)(H,42,65)(H,43,52)(H,44,53)(H,45,54)/t12?,13?,14?,15?,16?,23-,24-,25-,26?,27?,28?,29?,30?,31?,34+,35+,36+/m0/s1. The van der Waals surface area contributed by atoms with E-state index in [1.807, 2.05) is 0 Å². The summed E-state index contributed by atoms with van der Waals surface area (Å²) in [7, 11) is 0. The molecule has 0 bridgehead atoms. The monoisotopic (exact) mass is 1100 g/mol. The van der Waals surface area contributed by atoms with Crippen LogP contribution >= 0.6 is 22.6 Å². The molecule has 0 aliphatic carbocycles. The van der Waals surface area contributed by atoms with Gasteiger partial charge in [-0.1, -0.05) is 22.6 Å². The van der Waals surface area contributed by atoms with Gasteiger partial charge in [0, 0.05) is 12.8 Å². The largest absolute Gasteiger partial charge is 0.394 e. The number of ether oxygens (including phenoxy) is 3. The molecular formula is C36H59IN8O23. The fourth-order valence-corrected chi connectivity index (χ4v) is 6.93.